The van der Waals surface area contributed by atoms with Crippen LogP contribution in [-0.4, -0.2) is 9.55 Å². The molecule has 2 aromatic carbocycles. The molecule has 0 radical (unpaired) electrons. The summed E-state index contributed by atoms with van der Waals surface area (Å²) in [6.07, 6.45) is 6.38. The van der Waals surface area contributed by atoms with Gasteiger partial charge in [-0.15, -0.1) is 0 Å². The Kier molecular flexibility index (Phi) is 3.33. The standard InChI is InChI=1S/C21H22N2/c1-21(2)13-12-19(23-15-22-14-20(21)23)18-11-7-6-10-17(18)16-8-4-3-5-9-16/h3-11,14-15,19H,12-13H2,1-2H3. The first-order chi connectivity index (χ1) is 11.2. The Hall–Kier alpha value is -2.35. The number of fused-ring (bicyclic) bond motifs is 1. The van der Waals surface area contributed by atoms with E-state index in [1.54, 1.807) is 0 Å². The van der Waals surface area contributed by atoms with E-state index >= 15 is 0 Å². The molecule has 0 bridgehead atoms. The van der Waals surface area contributed by atoms with Gasteiger partial charge in [-0.2, -0.15) is 0 Å². The lowest BCUT2D eigenvalue weighted by Gasteiger charge is -2.37. The third-order valence-corrected chi connectivity index (χ3v) is 5.14. The average molecular weight is 302 g/mol. The van der Waals surface area contributed by atoms with E-state index in [0.717, 1.165) is 6.42 Å². The molecule has 2 heteroatoms. The molecule has 0 aliphatic carbocycles. The average Bonchev–Trinajstić information content (AvgIpc) is 3.07. The maximum absolute atomic E-state index is 4.44. The summed E-state index contributed by atoms with van der Waals surface area (Å²) in [5.41, 5.74) is 5.56. The van der Waals surface area contributed by atoms with Crippen molar-refractivity contribution < 1.29 is 0 Å². The summed E-state index contributed by atoms with van der Waals surface area (Å²) in [5.74, 6) is 0. The smallest absolute Gasteiger partial charge is 0.0954 e. The van der Waals surface area contributed by atoms with E-state index in [1.807, 2.05) is 12.5 Å². The summed E-state index contributed by atoms with van der Waals surface area (Å²) in [6, 6.07) is 19.8. The highest BCUT2D eigenvalue weighted by molar-refractivity contribution is 5.68. The van der Waals surface area contributed by atoms with Crippen LogP contribution in [0.15, 0.2) is 67.1 Å². The van der Waals surface area contributed by atoms with Gasteiger partial charge in [0.1, 0.15) is 0 Å². The number of nitrogens with zero attached hydrogens (tertiary/aromatic N) is 2. The number of hydrogen-bond donors (Lipinski definition) is 0. The summed E-state index contributed by atoms with van der Waals surface area (Å²) >= 11 is 0. The van der Waals surface area contributed by atoms with Gasteiger partial charge in [-0.1, -0.05) is 68.4 Å². The minimum Gasteiger partial charge on any atom is -0.327 e. The maximum atomic E-state index is 4.44. The predicted molar refractivity (Wildman–Crippen MR) is 94.5 cm³/mol. The van der Waals surface area contributed by atoms with Crippen LogP contribution in [0.2, 0.25) is 0 Å². The molecular formula is C21H22N2. The van der Waals surface area contributed by atoms with Gasteiger partial charge in [0.15, 0.2) is 0 Å². The molecule has 1 aromatic heterocycles. The number of imidazole rings is 1. The van der Waals surface area contributed by atoms with Gasteiger partial charge in [0, 0.05) is 17.3 Å². The molecule has 1 atom stereocenters. The lowest BCUT2D eigenvalue weighted by atomic mass is 9.78. The zero-order valence-corrected chi connectivity index (χ0v) is 13.7. The molecule has 0 amide bonds. The number of hydrogen-bond acceptors (Lipinski definition) is 1. The van der Waals surface area contributed by atoms with Crippen molar-refractivity contribution in [2.24, 2.45) is 0 Å². The first kappa shape index (κ1) is 14.3. The van der Waals surface area contributed by atoms with Crippen LogP contribution in [0.1, 0.15) is 44.0 Å². The second-order valence-corrected chi connectivity index (χ2v) is 7.08. The van der Waals surface area contributed by atoms with Gasteiger partial charge >= 0.3 is 0 Å². The Labute approximate surface area is 137 Å². The van der Waals surface area contributed by atoms with Crippen LogP contribution in [0.25, 0.3) is 11.1 Å². The summed E-state index contributed by atoms with van der Waals surface area (Å²) in [4.78, 5) is 4.44. The lowest BCUT2D eigenvalue weighted by Crippen LogP contribution is -2.30. The van der Waals surface area contributed by atoms with E-state index in [0.29, 0.717) is 6.04 Å². The van der Waals surface area contributed by atoms with Crippen LogP contribution in [0, 0.1) is 0 Å². The van der Waals surface area contributed by atoms with Gasteiger partial charge < -0.3 is 4.57 Å². The fourth-order valence-electron chi connectivity index (χ4n) is 3.82. The van der Waals surface area contributed by atoms with Crippen LogP contribution < -0.4 is 0 Å². The first-order valence-corrected chi connectivity index (χ1v) is 8.33. The van der Waals surface area contributed by atoms with Crippen LogP contribution in [-0.2, 0) is 5.41 Å². The Bertz CT molecular complexity index is 815. The van der Waals surface area contributed by atoms with E-state index < -0.39 is 0 Å². The molecule has 2 nitrogen and oxygen atoms in total. The molecule has 0 fully saturated rings. The van der Waals surface area contributed by atoms with Crippen molar-refractivity contribution >= 4 is 0 Å². The number of aromatic nitrogens is 2. The molecule has 3 aromatic rings. The molecule has 0 saturated carbocycles. The fraction of sp³-hybridized carbons (Fsp3) is 0.286. The molecule has 1 aliphatic heterocycles. The molecule has 1 unspecified atom stereocenters. The Morgan fingerprint density at radius 2 is 1.74 bits per heavy atom. The number of benzene rings is 2. The summed E-state index contributed by atoms with van der Waals surface area (Å²) < 4.78 is 2.38. The minimum absolute atomic E-state index is 0.203. The van der Waals surface area contributed by atoms with Crippen molar-refractivity contribution in [1.82, 2.24) is 9.55 Å². The quantitative estimate of drug-likeness (QED) is 0.635. The Balaban J connectivity index is 1.85. The van der Waals surface area contributed by atoms with Crippen LogP contribution in [0.4, 0.5) is 0 Å². The van der Waals surface area contributed by atoms with Crippen LogP contribution in [0.5, 0.6) is 0 Å². The van der Waals surface area contributed by atoms with Crippen LogP contribution in [0.3, 0.4) is 0 Å². The molecule has 23 heavy (non-hydrogen) atoms. The van der Waals surface area contributed by atoms with Gasteiger partial charge in [-0.05, 0) is 29.5 Å². The highest BCUT2D eigenvalue weighted by Crippen LogP contribution is 2.42. The van der Waals surface area contributed by atoms with E-state index in [2.05, 4.69) is 78.0 Å². The first-order valence-electron chi connectivity index (χ1n) is 8.33. The minimum atomic E-state index is 0.203. The largest absolute Gasteiger partial charge is 0.327 e. The Morgan fingerprint density at radius 1 is 1.00 bits per heavy atom. The predicted octanol–water partition coefficient (Wildman–Crippen LogP) is 5.21. The zero-order chi connectivity index (χ0) is 15.9. The lowest BCUT2D eigenvalue weighted by molar-refractivity contribution is 0.329. The number of rotatable bonds is 2. The van der Waals surface area contributed by atoms with Crippen molar-refractivity contribution in [1.29, 1.82) is 0 Å². The highest BCUT2D eigenvalue weighted by Gasteiger charge is 2.34. The highest BCUT2D eigenvalue weighted by atomic mass is 15.1. The SMILES string of the molecule is CC1(C)CCC(c2ccccc2-c2ccccc2)n2cncc21. The maximum Gasteiger partial charge on any atom is 0.0954 e. The van der Waals surface area contributed by atoms with E-state index in [4.69, 9.17) is 0 Å². The molecule has 4 rings (SSSR count). The summed E-state index contributed by atoms with van der Waals surface area (Å²) in [7, 11) is 0. The monoisotopic (exact) mass is 302 g/mol. The van der Waals surface area contributed by atoms with Crippen molar-refractivity contribution in [3.05, 3.63) is 78.4 Å². The van der Waals surface area contributed by atoms with Gasteiger partial charge in [0.25, 0.3) is 0 Å². The van der Waals surface area contributed by atoms with Crippen molar-refractivity contribution in [2.75, 3.05) is 0 Å². The van der Waals surface area contributed by atoms with E-state index in [9.17, 15) is 0 Å². The third kappa shape index (κ3) is 2.39. The van der Waals surface area contributed by atoms with Gasteiger partial charge in [0.05, 0.1) is 12.4 Å². The van der Waals surface area contributed by atoms with E-state index in [1.165, 1.54) is 28.8 Å². The molecule has 116 valence electrons. The zero-order valence-electron chi connectivity index (χ0n) is 13.7. The molecule has 0 spiro atoms. The Morgan fingerprint density at radius 3 is 2.57 bits per heavy atom. The van der Waals surface area contributed by atoms with E-state index in [-0.39, 0.29) is 5.41 Å². The van der Waals surface area contributed by atoms with Crippen LogP contribution >= 0.6 is 0 Å². The van der Waals surface area contributed by atoms with Crippen molar-refractivity contribution in [3.8, 4) is 11.1 Å². The fourth-order valence-corrected chi connectivity index (χ4v) is 3.82. The van der Waals surface area contributed by atoms with Gasteiger partial charge in [-0.3, -0.25) is 0 Å². The third-order valence-electron chi connectivity index (χ3n) is 5.14. The topological polar surface area (TPSA) is 17.8 Å². The van der Waals surface area contributed by atoms with Crippen molar-refractivity contribution in [2.45, 2.75) is 38.1 Å². The molecule has 1 aliphatic rings. The summed E-state index contributed by atoms with van der Waals surface area (Å²) in [5, 5.41) is 0. The summed E-state index contributed by atoms with van der Waals surface area (Å²) in [6.45, 7) is 4.64. The second-order valence-electron chi connectivity index (χ2n) is 7.08. The molecule has 2 heterocycles. The van der Waals surface area contributed by atoms with Gasteiger partial charge in [-0.25, -0.2) is 4.98 Å². The normalized spacial score (nSPS) is 19.3. The second kappa shape index (κ2) is 5.38. The van der Waals surface area contributed by atoms with Gasteiger partial charge in [0.2, 0.25) is 0 Å². The van der Waals surface area contributed by atoms with Crippen molar-refractivity contribution in [3.63, 3.8) is 0 Å². The molecular weight excluding hydrogens is 280 g/mol. The molecule has 0 saturated heterocycles. The molecule has 0 N–H and O–H groups in total.